The van der Waals surface area contributed by atoms with E-state index in [0.717, 1.165) is 48.3 Å². The van der Waals surface area contributed by atoms with Crippen molar-refractivity contribution >= 4 is 34.5 Å². The highest BCUT2D eigenvalue weighted by molar-refractivity contribution is 5.94. The summed E-state index contributed by atoms with van der Waals surface area (Å²) in [6, 6.07) is 12.8. The standard InChI is InChI=1S/C29H31FN8O3/c1-31-29(40)33-22-8-4-19(5-9-22)25-34-26(36-14-16-41-17-15-36)24-18-32-38(27(24)35-25)23-10-12-37(13-11-23)28(39)20-2-6-21(30)7-3-20/h2-9,18,23H,10-17H2,1H3,(H2,31,33,40). The molecule has 11 nitrogen and oxygen atoms in total. The minimum absolute atomic E-state index is 0.0594. The van der Waals surface area contributed by atoms with E-state index in [4.69, 9.17) is 19.8 Å². The van der Waals surface area contributed by atoms with Crippen LogP contribution in [0.25, 0.3) is 22.4 Å². The van der Waals surface area contributed by atoms with Crippen molar-refractivity contribution in [3.05, 3.63) is 66.1 Å². The number of carbonyl (C=O) groups excluding carboxylic acids is 2. The van der Waals surface area contributed by atoms with Crippen LogP contribution in [-0.2, 0) is 4.74 Å². The summed E-state index contributed by atoms with van der Waals surface area (Å²) in [5.41, 5.74) is 2.71. The van der Waals surface area contributed by atoms with Crippen molar-refractivity contribution in [3.63, 3.8) is 0 Å². The summed E-state index contributed by atoms with van der Waals surface area (Å²) in [6.45, 7) is 3.81. The highest BCUT2D eigenvalue weighted by Gasteiger charge is 2.28. The minimum Gasteiger partial charge on any atom is -0.378 e. The number of urea groups is 1. The molecule has 2 aliphatic heterocycles. The molecule has 2 aliphatic rings. The van der Waals surface area contributed by atoms with Crippen LogP contribution in [0.3, 0.4) is 0 Å². The van der Waals surface area contributed by atoms with Crippen LogP contribution < -0.4 is 15.5 Å². The fraction of sp³-hybridized carbons (Fsp3) is 0.345. The Morgan fingerprint density at radius 2 is 1.66 bits per heavy atom. The topological polar surface area (TPSA) is 118 Å². The Kier molecular flexibility index (Phi) is 7.47. The number of hydrogen-bond acceptors (Lipinski definition) is 7. The van der Waals surface area contributed by atoms with Gasteiger partial charge in [-0.15, -0.1) is 0 Å². The number of hydrogen-bond donors (Lipinski definition) is 2. The van der Waals surface area contributed by atoms with E-state index >= 15 is 0 Å². The van der Waals surface area contributed by atoms with Crippen molar-refractivity contribution in [2.75, 3.05) is 56.7 Å². The second-order valence-corrected chi connectivity index (χ2v) is 10.1. The number of ether oxygens (including phenoxy) is 1. The lowest BCUT2D eigenvalue weighted by atomic mass is 10.0. The van der Waals surface area contributed by atoms with Gasteiger partial charge >= 0.3 is 6.03 Å². The monoisotopic (exact) mass is 558 g/mol. The van der Waals surface area contributed by atoms with Crippen LogP contribution in [0.5, 0.6) is 0 Å². The Balaban J connectivity index is 1.29. The van der Waals surface area contributed by atoms with Crippen molar-refractivity contribution < 1.29 is 18.7 Å². The molecule has 2 N–H and O–H groups in total. The van der Waals surface area contributed by atoms with E-state index in [1.165, 1.54) is 24.3 Å². The van der Waals surface area contributed by atoms with Crippen molar-refractivity contribution in [1.82, 2.24) is 30.0 Å². The molecule has 41 heavy (non-hydrogen) atoms. The van der Waals surface area contributed by atoms with Gasteiger partial charge in [0.15, 0.2) is 11.5 Å². The number of carbonyl (C=O) groups is 2. The molecule has 12 heteroatoms. The Morgan fingerprint density at radius 1 is 0.951 bits per heavy atom. The molecule has 0 saturated carbocycles. The summed E-state index contributed by atoms with van der Waals surface area (Å²) in [4.78, 5) is 38.6. The lowest BCUT2D eigenvalue weighted by Crippen LogP contribution is -2.39. The molecule has 2 fully saturated rings. The predicted octanol–water partition coefficient (Wildman–Crippen LogP) is 3.70. The predicted molar refractivity (Wildman–Crippen MR) is 152 cm³/mol. The zero-order chi connectivity index (χ0) is 28.3. The molecule has 4 heterocycles. The van der Waals surface area contributed by atoms with Crippen LogP contribution in [0.15, 0.2) is 54.7 Å². The fourth-order valence-corrected chi connectivity index (χ4v) is 5.31. The lowest BCUT2D eigenvalue weighted by molar-refractivity contribution is 0.0691. The number of aromatic nitrogens is 4. The molecule has 6 rings (SSSR count). The van der Waals surface area contributed by atoms with Crippen molar-refractivity contribution in [2.24, 2.45) is 0 Å². The molecule has 0 radical (unpaired) electrons. The maximum Gasteiger partial charge on any atom is 0.318 e. The summed E-state index contributed by atoms with van der Waals surface area (Å²) in [6.07, 6.45) is 3.27. The van der Waals surface area contributed by atoms with Gasteiger partial charge in [0.25, 0.3) is 5.91 Å². The van der Waals surface area contributed by atoms with Gasteiger partial charge < -0.3 is 25.2 Å². The Bertz CT molecular complexity index is 1540. The number of benzene rings is 2. The average molecular weight is 559 g/mol. The second kappa shape index (κ2) is 11.5. The van der Waals surface area contributed by atoms with Crippen LogP contribution in [0.2, 0.25) is 0 Å². The molecule has 0 unspecified atom stereocenters. The number of likely N-dealkylation sites (tertiary alicyclic amines) is 1. The first-order valence-corrected chi connectivity index (χ1v) is 13.7. The van der Waals surface area contributed by atoms with Gasteiger partial charge in [-0.1, -0.05) is 0 Å². The van der Waals surface area contributed by atoms with Crippen LogP contribution in [0, 0.1) is 5.82 Å². The number of fused-ring (bicyclic) bond motifs is 1. The minimum atomic E-state index is -0.361. The number of nitrogens with zero attached hydrogens (tertiary/aromatic N) is 6. The number of rotatable bonds is 5. The lowest BCUT2D eigenvalue weighted by Gasteiger charge is -2.32. The van der Waals surface area contributed by atoms with Crippen molar-refractivity contribution in [1.29, 1.82) is 0 Å². The molecule has 0 bridgehead atoms. The Hall–Kier alpha value is -4.58. The van der Waals surface area contributed by atoms with E-state index in [1.807, 2.05) is 40.0 Å². The van der Waals surface area contributed by atoms with Gasteiger partial charge in [-0.3, -0.25) is 4.79 Å². The van der Waals surface area contributed by atoms with Crippen LogP contribution in [0.4, 0.5) is 20.7 Å². The normalized spacial score (nSPS) is 16.1. The largest absolute Gasteiger partial charge is 0.378 e. The number of amides is 3. The Morgan fingerprint density at radius 3 is 2.34 bits per heavy atom. The van der Waals surface area contributed by atoms with E-state index < -0.39 is 0 Å². The summed E-state index contributed by atoms with van der Waals surface area (Å²) >= 11 is 0. The van der Waals surface area contributed by atoms with Gasteiger partial charge in [0.2, 0.25) is 0 Å². The molecule has 2 aromatic carbocycles. The summed E-state index contributed by atoms with van der Waals surface area (Å²) in [5.74, 6) is 0.926. The first kappa shape index (κ1) is 26.6. The second-order valence-electron chi connectivity index (χ2n) is 10.1. The summed E-state index contributed by atoms with van der Waals surface area (Å²) in [7, 11) is 1.57. The van der Waals surface area contributed by atoms with Gasteiger partial charge in [-0.2, -0.15) is 5.10 Å². The van der Waals surface area contributed by atoms with E-state index in [0.29, 0.717) is 43.4 Å². The van der Waals surface area contributed by atoms with Gasteiger partial charge in [0, 0.05) is 50.0 Å². The smallest absolute Gasteiger partial charge is 0.318 e. The molecule has 3 amide bonds. The number of anilines is 2. The highest BCUT2D eigenvalue weighted by Crippen LogP contribution is 2.32. The van der Waals surface area contributed by atoms with Crippen molar-refractivity contribution in [3.8, 4) is 11.4 Å². The average Bonchev–Trinajstić information content (AvgIpc) is 3.45. The molecule has 4 aromatic rings. The fourth-order valence-electron chi connectivity index (χ4n) is 5.31. The molecule has 2 saturated heterocycles. The maximum atomic E-state index is 13.3. The van der Waals surface area contributed by atoms with E-state index in [2.05, 4.69) is 15.5 Å². The number of nitrogens with one attached hydrogen (secondary N) is 2. The third-order valence-corrected chi connectivity index (χ3v) is 7.56. The van der Waals surface area contributed by atoms with E-state index in [9.17, 15) is 14.0 Å². The summed E-state index contributed by atoms with van der Waals surface area (Å²) < 4.78 is 20.9. The SMILES string of the molecule is CNC(=O)Nc1ccc(-c2nc(N3CCOCC3)c3cnn(C4CCN(C(=O)c5ccc(F)cc5)CC4)c3n2)cc1. The molecular weight excluding hydrogens is 527 g/mol. The highest BCUT2D eigenvalue weighted by atomic mass is 19.1. The first-order chi connectivity index (χ1) is 20.0. The first-order valence-electron chi connectivity index (χ1n) is 13.7. The molecule has 212 valence electrons. The quantitative estimate of drug-likeness (QED) is 0.384. The van der Waals surface area contributed by atoms with Gasteiger partial charge in [-0.25, -0.2) is 23.8 Å². The Labute approximate surface area is 236 Å². The maximum absolute atomic E-state index is 13.3. The van der Waals surface area contributed by atoms with Crippen LogP contribution >= 0.6 is 0 Å². The molecule has 0 atom stereocenters. The van der Waals surface area contributed by atoms with Crippen LogP contribution in [-0.4, -0.2) is 83.0 Å². The van der Waals surface area contributed by atoms with E-state index in [-0.39, 0.29) is 23.8 Å². The molecule has 2 aromatic heterocycles. The van der Waals surface area contributed by atoms with Gasteiger partial charge in [0.1, 0.15) is 11.6 Å². The van der Waals surface area contributed by atoms with E-state index in [1.54, 1.807) is 7.05 Å². The third kappa shape index (κ3) is 5.55. The number of morpholine rings is 1. The van der Waals surface area contributed by atoms with Gasteiger partial charge in [-0.05, 0) is 61.4 Å². The van der Waals surface area contributed by atoms with Crippen molar-refractivity contribution in [2.45, 2.75) is 18.9 Å². The van der Waals surface area contributed by atoms with Crippen LogP contribution in [0.1, 0.15) is 29.2 Å². The summed E-state index contributed by atoms with van der Waals surface area (Å²) in [5, 5.41) is 10.9. The zero-order valence-electron chi connectivity index (χ0n) is 22.7. The van der Waals surface area contributed by atoms with Gasteiger partial charge in [0.05, 0.1) is 30.8 Å². The number of halogens is 1. The number of piperidine rings is 1. The molecular formula is C29H31FN8O3. The molecule has 0 spiro atoms. The third-order valence-electron chi connectivity index (χ3n) is 7.56. The molecule has 0 aliphatic carbocycles. The zero-order valence-corrected chi connectivity index (χ0v) is 22.7.